The zero-order valence-electron chi connectivity index (χ0n) is 11.8. The lowest BCUT2D eigenvalue weighted by Crippen LogP contribution is -2.73. The predicted molar refractivity (Wildman–Crippen MR) is 85.1 cm³/mol. The number of carbonyl (C=O) groups excluding carboxylic acids is 2. The first-order chi connectivity index (χ1) is 10.6. The largest absolute Gasteiger partial charge is 0.323 e. The molecule has 1 fully saturated rings. The summed E-state index contributed by atoms with van der Waals surface area (Å²) in [4.78, 5) is 26.7. The van der Waals surface area contributed by atoms with Gasteiger partial charge in [0.1, 0.15) is 5.38 Å². The molecule has 0 bridgehead atoms. The van der Waals surface area contributed by atoms with Gasteiger partial charge in [-0.05, 0) is 24.6 Å². The molecular weight excluding hydrogens is 300 g/mol. The van der Waals surface area contributed by atoms with Gasteiger partial charge in [-0.1, -0.05) is 36.4 Å². The van der Waals surface area contributed by atoms with E-state index < -0.39 is 10.9 Å². The number of fused-ring (bicyclic) bond motifs is 2. The van der Waals surface area contributed by atoms with Gasteiger partial charge in [-0.15, -0.1) is 11.6 Å². The summed E-state index contributed by atoms with van der Waals surface area (Å²) in [6.45, 7) is 1.91. The minimum atomic E-state index is -1.15. The second-order valence-electron chi connectivity index (χ2n) is 5.59. The van der Waals surface area contributed by atoms with Crippen LogP contribution in [-0.2, 0) is 15.1 Å². The van der Waals surface area contributed by atoms with E-state index in [1.54, 1.807) is 0 Å². The standard InChI is InChI=1S/C17H13ClN2O2/c1-10-6-2-5-9-13(10)20-15(21)14(18)17(20)11-7-3-4-8-12(11)19-16(17)22/h2-9,14H,1H3,(H,19,22). The summed E-state index contributed by atoms with van der Waals surface area (Å²) in [5.74, 6) is -0.501. The molecule has 0 saturated carbocycles. The molecule has 110 valence electrons. The van der Waals surface area contributed by atoms with Gasteiger partial charge < -0.3 is 5.32 Å². The van der Waals surface area contributed by atoms with Gasteiger partial charge in [-0.25, -0.2) is 0 Å². The topological polar surface area (TPSA) is 49.4 Å². The Morgan fingerprint density at radius 1 is 1.09 bits per heavy atom. The molecule has 2 atom stereocenters. The van der Waals surface area contributed by atoms with Crippen molar-refractivity contribution in [3.05, 3.63) is 59.7 Å². The Morgan fingerprint density at radius 3 is 2.55 bits per heavy atom. The van der Waals surface area contributed by atoms with Crippen LogP contribution >= 0.6 is 11.6 Å². The van der Waals surface area contributed by atoms with Gasteiger partial charge in [0.2, 0.25) is 5.91 Å². The molecule has 1 saturated heterocycles. The number of benzene rings is 2. The molecule has 1 N–H and O–H groups in total. The molecule has 4 nitrogen and oxygen atoms in total. The van der Waals surface area contributed by atoms with E-state index in [-0.39, 0.29) is 11.8 Å². The number of hydrogen-bond acceptors (Lipinski definition) is 2. The van der Waals surface area contributed by atoms with Gasteiger partial charge >= 0.3 is 0 Å². The average Bonchev–Trinajstić information content (AvgIpc) is 2.83. The first-order valence-corrected chi connectivity index (χ1v) is 7.47. The van der Waals surface area contributed by atoms with Crippen molar-refractivity contribution >= 4 is 34.8 Å². The van der Waals surface area contributed by atoms with Gasteiger partial charge in [0, 0.05) is 16.9 Å². The number of aryl methyl sites for hydroxylation is 1. The van der Waals surface area contributed by atoms with Gasteiger partial charge in [0.15, 0.2) is 5.54 Å². The van der Waals surface area contributed by atoms with Crippen molar-refractivity contribution in [3.8, 4) is 0 Å². The zero-order chi connectivity index (χ0) is 15.5. The Morgan fingerprint density at radius 2 is 1.77 bits per heavy atom. The minimum absolute atomic E-state index is 0.247. The van der Waals surface area contributed by atoms with Crippen LogP contribution in [0.25, 0.3) is 0 Å². The molecule has 0 aromatic heterocycles. The first kappa shape index (κ1) is 13.3. The summed E-state index contributed by atoms with van der Waals surface area (Å²) >= 11 is 6.33. The zero-order valence-corrected chi connectivity index (χ0v) is 12.6. The van der Waals surface area contributed by atoms with Gasteiger partial charge in [-0.2, -0.15) is 0 Å². The van der Waals surface area contributed by atoms with Crippen LogP contribution in [0, 0.1) is 6.92 Å². The van der Waals surface area contributed by atoms with Gasteiger partial charge in [0.25, 0.3) is 5.91 Å². The monoisotopic (exact) mass is 312 g/mol. The molecule has 0 aliphatic carbocycles. The molecule has 5 heteroatoms. The molecule has 2 unspecified atom stereocenters. The van der Waals surface area contributed by atoms with Crippen LogP contribution in [-0.4, -0.2) is 17.2 Å². The summed E-state index contributed by atoms with van der Waals surface area (Å²) in [5.41, 5.74) is 1.96. The summed E-state index contributed by atoms with van der Waals surface area (Å²) in [6, 6.07) is 14.9. The number of amides is 2. The highest BCUT2D eigenvalue weighted by Gasteiger charge is 2.69. The third kappa shape index (κ3) is 1.38. The van der Waals surface area contributed by atoms with Crippen LogP contribution in [0.4, 0.5) is 11.4 Å². The average molecular weight is 313 g/mol. The SMILES string of the molecule is Cc1ccccc1N1C(=O)C(Cl)C12C(=O)Nc1ccccc12. The molecule has 1 spiro atoms. The lowest BCUT2D eigenvalue weighted by molar-refractivity contribution is -0.136. The van der Waals surface area contributed by atoms with Crippen molar-refractivity contribution in [1.29, 1.82) is 0 Å². The number of para-hydroxylation sites is 2. The molecule has 2 aliphatic rings. The van der Waals surface area contributed by atoms with E-state index in [2.05, 4.69) is 5.32 Å². The Hall–Kier alpha value is -2.33. The highest BCUT2D eigenvalue weighted by atomic mass is 35.5. The molecule has 2 aliphatic heterocycles. The molecule has 22 heavy (non-hydrogen) atoms. The highest BCUT2D eigenvalue weighted by Crippen LogP contribution is 2.53. The number of hydrogen-bond donors (Lipinski definition) is 1. The summed E-state index contributed by atoms with van der Waals surface area (Å²) < 4.78 is 0. The van der Waals surface area contributed by atoms with E-state index >= 15 is 0 Å². The van der Waals surface area contributed by atoms with Crippen LogP contribution in [0.5, 0.6) is 0 Å². The van der Waals surface area contributed by atoms with E-state index in [1.165, 1.54) is 4.90 Å². The van der Waals surface area contributed by atoms with Crippen LogP contribution < -0.4 is 10.2 Å². The number of anilines is 2. The predicted octanol–water partition coefficient (Wildman–Crippen LogP) is 2.80. The third-order valence-electron chi connectivity index (χ3n) is 4.45. The second kappa shape index (κ2) is 4.34. The second-order valence-corrected chi connectivity index (χ2v) is 6.03. The summed E-state index contributed by atoms with van der Waals surface area (Å²) in [5, 5.41) is 1.95. The normalized spacial score (nSPS) is 25.9. The number of rotatable bonds is 1. The number of nitrogens with zero attached hydrogens (tertiary/aromatic N) is 1. The highest BCUT2D eigenvalue weighted by molar-refractivity contribution is 6.43. The fourth-order valence-electron chi connectivity index (χ4n) is 3.37. The molecule has 2 aromatic rings. The van der Waals surface area contributed by atoms with Crippen LogP contribution in [0.3, 0.4) is 0 Å². The number of halogens is 1. The van der Waals surface area contributed by atoms with E-state index in [0.29, 0.717) is 5.69 Å². The smallest absolute Gasteiger partial charge is 0.257 e. The molecule has 2 heterocycles. The van der Waals surface area contributed by atoms with E-state index in [4.69, 9.17) is 11.6 Å². The van der Waals surface area contributed by atoms with Gasteiger partial charge in [-0.3, -0.25) is 14.5 Å². The maximum Gasteiger partial charge on any atom is 0.257 e. The molecule has 2 aromatic carbocycles. The van der Waals surface area contributed by atoms with Crippen LogP contribution in [0.2, 0.25) is 0 Å². The van der Waals surface area contributed by atoms with Crippen molar-refractivity contribution < 1.29 is 9.59 Å². The third-order valence-corrected chi connectivity index (χ3v) is 4.95. The molecule has 2 amide bonds. The minimum Gasteiger partial charge on any atom is -0.323 e. The van der Waals surface area contributed by atoms with Crippen molar-refractivity contribution in [2.24, 2.45) is 0 Å². The summed E-state index contributed by atoms with van der Waals surface area (Å²) in [7, 11) is 0. The maximum absolute atomic E-state index is 12.7. The first-order valence-electron chi connectivity index (χ1n) is 7.03. The Labute approximate surface area is 132 Å². The quantitative estimate of drug-likeness (QED) is 0.650. The number of alkyl halides is 1. The summed E-state index contributed by atoms with van der Waals surface area (Å²) in [6.07, 6.45) is 0. The van der Waals surface area contributed by atoms with Crippen LogP contribution in [0.15, 0.2) is 48.5 Å². The van der Waals surface area contributed by atoms with Crippen molar-refractivity contribution in [3.63, 3.8) is 0 Å². The number of nitrogens with one attached hydrogen (secondary N) is 1. The Balaban J connectivity index is 1.96. The lowest BCUT2D eigenvalue weighted by Gasteiger charge is -2.51. The lowest BCUT2D eigenvalue weighted by atomic mass is 9.77. The number of carbonyl (C=O) groups is 2. The van der Waals surface area contributed by atoms with Crippen molar-refractivity contribution in [2.45, 2.75) is 17.8 Å². The van der Waals surface area contributed by atoms with Crippen molar-refractivity contribution in [2.75, 3.05) is 10.2 Å². The Kier molecular flexibility index (Phi) is 2.63. The molecule has 4 rings (SSSR count). The number of β-lactam (4-membered cyclic amide) rings is 1. The maximum atomic E-state index is 12.7. The van der Waals surface area contributed by atoms with Crippen LogP contribution in [0.1, 0.15) is 11.1 Å². The molecule has 0 radical (unpaired) electrons. The molecular formula is C17H13ClN2O2. The van der Waals surface area contributed by atoms with E-state index in [1.807, 2.05) is 55.5 Å². The fourth-order valence-corrected chi connectivity index (χ4v) is 3.79. The van der Waals surface area contributed by atoms with Gasteiger partial charge in [0.05, 0.1) is 0 Å². The fraction of sp³-hybridized carbons (Fsp3) is 0.176. The Bertz CT molecular complexity index is 820. The van der Waals surface area contributed by atoms with Crippen molar-refractivity contribution in [1.82, 2.24) is 0 Å². The van der Waals surface area contributed by atoms with E-state index in [0.717, 1.165) is 16.8 Å². The van der Waals surface area contributed by atoms with E-state index in [9.17, 15) is 9.59 Å².